The van der Waals surface area contributed by atoms with E-state index >= 15 is 0 Å². The molecule has 0 saturated heterocycles. The summed E-state index contributed by atoms with van der Waals surface area (Å²) in [5, 5.41) is 19.6. The number of carbonyl (C=O) groups is 1. The second-order valence-electron chi connectivity index (χ2n) is 8.60. The first kappa shape index (κ1) is 21.8. The van der Waals surface area contributed by atoms with Crippen LogP contribution in [-0.4, -0.2) is 34.1 Å². The fourth-order valence-electron chi connectivity index (χ4n) is 2.47. The fourth-order valence-corrected chi connectivity index (χ4v) is 3.54. The zero-order chi connectivity index (χ0) is 19.6. The summed E-state index contributed by atoms with van der Waals surface area (Å²) < 4.78 is 5.39. The number of ether oxygens (including phenoxy) is 1. The molecule has 2 N–H and O–H groups in total. The quantitative estimate of drug-likeness (QED) is 0.695. The summed E-state index contributed by atoms with van der Waals surface area (Å²) in [5.74, 6) is -0.592. The van der Waals surface area contributed by atoms with Crippen molar-refractivity contribution in [3.8, 4) is 5.75 Å². The number of carboxylic acid groups (broad SMARTS) is 1. The molecule has 0 fully saturated rings. The van der Waals surface area contributed by atoms with E-state index in [9.17, 15) is 9.90 Å². The molecule has 0 aliphatic rings. The molecule has 0 radical (unpaired) electrons. The highest BCUT2D eigenvalue weighted by Gasteiger charge is 2.27. The lowest BCUT2D eigenvalue weighted by atomic mass is 9.79. The van der Waals surface area contributed by atoms with Gasteiger partial charge in [0.05, 0.1) is 6.10 Å². The van der Waals surface area contributed by atoms with Gasteiger partial charge in [-0.3, -0.25) is 0 Å². The molecule has 4 nitrogen and oxygen atoms in total. The third-order valence-corrected chi connectivity index (χ3v) is 5.42. The first-order chi connectivity index (χ1) is 11.2. The summed E-state index contributed by atoms with van der Waals surface area (Å²) in [7, 11) is 0. The lowest BCUT2D eigenvalue weighted by molar-refractivity contribution is -0.143. The maximum Gasteiger partial charge on any atom is 0.329 e. The van der Waals surface area contributed by atoms with E-state index in [1.165, 1.54) is 0 Å². The SMILES string of the molecule is C[C@H](Sc1cc(C(C)(C)C)c(O)c(C(C)(C)C)c1)[C@@H](C)OCC(=O)O. The van der Waals surface area contributed by atoms with Gasteiger partial charge in [-0.05, 0) is 29.9 Å². The van der Waals surface area contributed by atoms with Crippen LogP contribution in [0.2, 0.25) is 0 Å². The van der Waals surface area contributed by atoms with Crippen molar-refractivity contribution in [2.45, 2.75) is 82.5 Å². The normalized spacial score (nSPS) is 15.0. The van der Waals surface area contributed by atoms with Crippen molar-refractivity contribution in [3.05, 3.63) is 23.3 Å². The lowest BCUT2D eigenvalue weighted by Gasteiger charge is -2.29. The van der Waals surface area contributed by atoms with E-state index in [1.807, 2.05) is 26.0 Å². The fraction of sp³-hybridized carbons (Fsp3) is 0.650. The summed E-state index contributed by atoms with van der Waals surface area (Å²) in [6.45, 7) is 16.2. The maximum atomic E-state index is 10.8. The standard InChI is InChI=1S/C20H32O4S/c1-12(24-11-17(21)22)13(2)25-14-9-15(19(3,4)5)18(23)16(10-14)20(6,7)8/h9-10,12-13,23H,11H2,1-8H3,(H,21,22)/t12-,13+/m1/s1. The number of thioether (sulfide) groups is 1. The Balaban J connectivity index is 3.17. The third kappa shape index (κ3) is 6.23. The summed E-state index contributed by atoms with van der Waals surface area (Å²) >= 11 is 1.64. The zero-order valence-electron chi connectivity index (χ0n) is 16.6. The predicted octanol–water partition coefficient (Wildman–Crippen LogP) is 4.96. The summed E-state index contributed by atoms with van der Waals surface area (Å²) in [5.41, 5.74) is 1.51. The van der Waals surface area contributed by atoms with Crippen LogP contribution in [0.1, 0.15) is 66.5 Å². The van der Waals surface area contributed by atoms with E-state index in [-0.39, 0.29) is 28.8 Å². The largest absolute Gasteiger partial charge is 0.507 e. The Morgan fingerprint density at radius 3 is 1.88 bits per heavy atom. The molecule has 2 atom stereocenters. The van der Waals surface area contributed by atoms with Crippen LogP contribution in [-0.2, 0) is 20.4 Å². The third-order valence-electron chi connectivity index (χ3n) is 4.15. The predicted molar refractivity (Wildman–Crippen MR) is 104 cm³/mol. The van der Waals surface area contributed by atoms with Crippen LogP contribution in [0.15, 0.2) is 17.0 Å². The molecule has 5 heteroatoms. The first-order valence-corrected chi connectivity index (χ1v) is 9.49. The Labute approximate surface area is 156 Å². The van der Waals surface area contributed by atoms with Crippen molar-refractivity contribution in [1.29, 1.82) is 0 Å². The average Bonchev–Trinajstić information content (AvgIpc) is 2.43. The summed E-state index contributed by atoms with van der Waals surface area (Å²) in [6, 6.07) is 4.07. The average molecular weight is 369 g/mol. The van der Waals surface area contributed by atoms with Gasteiger partial charge in [0.1, 0.15) is 12.4 Å². The van der Waals surface area contributed by atoms with Crippen molar-refractivity contribution in [3.63, 3.8) is 0 Å². The van der Waals surface area contributed by atoms with Gasteiger partial charge >= 0.3 is 5.97 Å². The second kappa shape index (κ2) is 8.00. The molecule has 0 aromatic heterocycles. The molecule has 0 spiro atoms. The Kier molecular flexibility index (Phi) is 6.99. The minimum absolute atomic E-state index is 0.0875. The van der Waals surface area contributed by atoms with Crippen molar-refractivity contribution < 1.29 is 19.7 Å². The molecule has 0 saturated carbocycles. The molecule has 1 aromatic carbocycles. The number of rotatable bonds is 6. The molecule has 1 rings (SSSR count). The summed E-state index contributed by atoms with van der Waals surface area (Å²) in [6.07, 6.45) is -0.189. The Morgan fingerprint density at radius 2 is 1.52 bits per heavy atom. The molecule has 0 amide bonds. The maximum absolute atomic E-state index is 10.8. The highest BCUT2D eigenvalue weighted by Crippen LogP contribution is 2.42. The highest BCUT2D eigenvalue weighted by molar-refractivity contribution is 8.00. The van der Waals surface area contributed by atoms with Crippen LogP contribution in [0.3, 0.4) is 0 Å². The Morgan fingerprint density at radius 1 is 1.08 bits per heavy atom. The van der Waals surface area contributed by atoms with E-state index in [0.29, 0.717) is 5.75 Å². The van der Waals surface area contributed by atoms with Gasteiger partial charge in [-0.2, -0.15) is 0 Å². The van der Waals surface area contributed by atoms with Crippen LogP contribution in [0, 0.1) is 0 Å². The zero-order valence-corrected chi connectivity index (χ0v) is 17.5. The molecule has 0 heterocycles. The molecule has 0 aliphatic heterocycles. The van der Waals surface area contributed by atoms with Crippen molar-refractivity contribution in [2.75, 3.05) is 6.61 Å². The van der Waals surface area contributed by atoms with E-state index < -0.39 is 5.97 Å². The van der Waals surface area contributed by atoms with Gasteiger partial charge in [0, 0.05) is 21.3 Å². The summed E-state index contributed by atoms with van der Waals surface area (Å²) in [4.78, 5) is 11.7. The van der Waals surface area contributed by atoms with Gasteiger partial charge in [0.25, 0.3) is 0 Å². The topological polar surface area (TPSA) is 66.8 Å². The second-order valence-corrected chi connectivity index (χ2v) is 10.1. The van der Waals surface area contributed by atoms with Gasteiger partial charge in [-0.15, -0.1) is 11.8 Å². The number of hydrogen-bond donors (Lipinski definition) is 2. The van der Waals surface area contributed by atoms with E-state index in [2.05, 4.69) is 41.5 Å². The van der Waals surface area contributed by atoms with E-state index in [4.69, 9.17) is 9.84 Å². The molecular formula is C20H32O4S. The molecule has 0 bridgehead atoms. The number of hydrogen-bond acceptors (Lipinski definition) is 4. The van der Waals surface area contributed by atoms with Crippen LogP contribution in [0.25, 0.3) is 0 Å². The van der Waals surface area contributed by atoms with Crippen LogP contribution in [0.5, 0.6) is 5.75 Å². The smallest absolute Gasteiger partial charge is 0.329 e. The van der Waals surface area contributed by atoms with Gasteiger partial charge in [0.15, 0.2) is 0 Å². The molecule has 0 unspecified atom stereocenters. The molecular weight excluding hydrogens is 336 g/mol. The molecule has 0 aliphatic carbocycles. The first-order valence-electron chi connectivity index (χ1n) is 8.61. The number of carboxylic acids is 1. The molecule has 1 aromatic rings. The van der Waals surface area contributed by atoms with Gasteiger partial charge in [0.2, 0.25) is 0 Å². The minimum Gasteiger partial charge on any atom is -0.507 e. The molecule has 25 heavy (non-hydrogen) atoms. The highest BCUT2D eigenvalue weighted by atomic mass is 32.2. The number of phenols is 1. The van der Waals surface area contributed by atoms with Crippen LogP contribution in [0.4, 0.5) is 0 Å². The number of benzene rings is 1. The van der Waals surface area contributed by atoms with Crippen molar-refractivity contribution >= 4 is 17.7 Å². The minimum atomic E-state index is -0.960. The van der Waals surface area contributed by atoms with Gasteiger partial charge in [-0.25, -0.2) is 4.79 Å². The van der Waals surface area contributed by atoms with Crippen LogP contribution >= 0.6 is 11.8 Å². The molecule has 142 valence electrons. The Bertz CT molecular complexity index is 576. The van der Waals surface area contributed by atoms with Gasteiger partial charge < -0.3 is 14.9 Å². The Hall–Kier alpha value is -1.20. The number of aliphatic carboxylic acids is 1. The van der Waals surface area contributed by atoms with Crippen LogP contribution < -0.4 is 0 Å². The monoisotopic (exact) mass is 368 g/mol. The van der Waals surface area contributed by atoms with Crippen molar-refractivity contribution in [1.82, 2.24) is 0 Å². The number of aromatic hydroxyl groups is 1. The van der Waals surface area contributed by atoms with Gasteiger partial charge in [-0.1, -0.05) is 48.5 Å². The van der Waals surface area contributed by atoms with E-state index in [1.54, 1.807) is 11.8 Å². The van der Waals surface area contributed by atoms with E-state index in [0.717, 1.165) is 16.0 Å². The number of phenolic OH excluding ortho intramolecular Hbond substituents is 1. The lowest BCUT2D eigenvalue weighted by Crippen LogP contribution is -2.24. The van der Waals surface area contributed by atoms with Crippen molar-refractivity contribution in [2.24, 2.45) is 0 Å².